The van der Waals surface area contributed by atoms with E-state index in [1.807, 2.05) is 6.92 Å². The second-order valence-corrected chi connectivity index (χ2v) is 4.16. The van der Waals surface area contributed by atoms with Crippen LogP contribution in [0.2, 0.25) is 5.15 Å². The Kier molecular flexibility index (Phi) is 3.38. The minimum Gasteiger partial charge on any atom is -0.489 e. The fourth-order valence-electron chi connectivity index (χ4n) is 1.63. The molecule has 0 radical (unpaired) electrons. The van der Waals surface area contributed by atoms with Gasteiger partial charge in [-0.15, -0.1) is 0 Å². The SMILES string of the molecule is COc1c(Cl)ncn(Cc2c(C)noc2C)c1=O. The molecule has 2 aromatic rings. The van der Waals surface area contributed by atoms with Crippen LogP contribution in [-0.2, 0) is 6.54 Å². The molecule has 7 heteroatoms. The van der Waals surface area contributed by atoms with Crippen molar-refractivity contribution in [1.29, 1.82) is 0 Å². The largest absolute Gasteiger partial charge is 0.489 e. The highest BCUT2D eigenvalue weighted by molar-refractivity contribution is 6.30. The first-order valence-corrected chi connectivity index (χ1v) is 5.63. The summed E-state index contributed by atoms with van der Waals surface area (Å²) >= 11 is 5.77. The van der Waals surface area contributed by atoms with Gasteiger partial charge in [0.1, 0.15) is 5.76 Å². The first kappa shape index (κ1) is 12.6. The van der Waals surface area contributed by atoms with E-state index < -0.39 is 0 Å². The van der Waals surface area contributed by atoms with E-state index in [1.54, 1.807) is 6.92 Å². The molecule has 0 aromatic carbocycles. The van der Waals surface area contributed by atoms with Gasteiger partial charge in [0.15, 0.2) is 5.15 Å². The Hall–Kier alpha value is -1.82. The number of aromatic nitrogens is 3. The van der Waals surface area contributed by atoms with Crippen molar-refractivity contribution in [1.82, 2.24) is 14.7 Å². The summed E-state index contributed by atoms with van der Waals surface area (Å²) in [5, 5.41) is 3.89. The Morgan fingerprint density at radius 3 is 2.78 bits per heavy atom. The third-order valence-electron chi connectivity index (χ3n) is 2.67. The highest BCUT2D eigenvalue weighted by atomic mass is 35.5. The number of aryl methyl sites for hydroxylation is 2. The Balaban J connectivity index is 2.45. The molecule has 0 saturated heterocycles. The van der Waals surface area contributed by atoms with Gasteiger partial charge in [-0.2, -0.15) is 0 Å². The molecule has 0 saturated carbocycles. The average Bonchev–Trinajstić information content (AvgIpc) is 2.65. The smallest absolute Gasteiger partial charge is 0.297 e. The summed E-state index contributed by atoms with van der Waals surface area (Å²) in [6, 6.07) is 0. The molecule has 0 fully saturated rings. The fraction of sp³-hybridized carbons (Fsp3) is 0.364. The van der Waals surface area contributed by atoms with Crippen LogP contribution < -0.4 is 10.3 Å². The Morgan fingerprint density at radius 1 is 1.50 bits per heavy atom. The fourth-order valence-corrected chi connectivity index (χ4v) is 1.83. The zero-order chi connectivity index (χ0) is 13.3. The molecule has 0 aliphatic rings. The van der Waals surface area contributed by atoms with Crippen molar-refractivity contribution < 1.29 is 9.26 Å². The molecule has 2 aromatic heterocycles. The highest BCUT2D eigenvalue weighted by Crippen LogP contribution is 2.17. The molecular formula is C11H12ClN3O3. The van der Waals surface area contributed by atoms with E-state index in [9.17, 15) is 4.79 Å². The zero-order valence-electron chi connectivity index (χ0n) is 10.2. The van der Waals surface area contributed by atoms with Gasteiger partial charge in [-0.25, -0.2) is 4.98 Å². The van der Waals surface area contributed by atoms with Gasteiger partial charge in [-0.1, -0.05) is 16.8 Å². The first-order chi connectivity index (χ1) is 8.54. The van der Waals surface area contributed by atoms with Crippen LogP contribution in [0.15, 0.2) is 15.6 Å². The van der Waals surface area contributed by atoms with Crippen LogP contribution in [0.3, 0.4) is 0 Å². The lowest BCUT2D eigenvalue weighted by molar-refractivity contribution is 0.391. The van der Waals surface area contributed by atoms with Crippen LogP contribution in [0.4, 0.5) is 0 Å². The number of nitrogens with zero attached hydrogens (tertiary/aromatic N) is 3. The van der Waals surface area contributed by atoms with E-state index >= 15 is 0 Å². The number of halogens is 1. The first-order valence-electron chi connectivity index (χ1n) is 5.25. The maximum atomic E-state index is 12.0. The lowest BCUT2D eigenvalue weighted by atomic mass is 10.2. The van der Waals surface area contributed by atoms with Gasteiger partial charge in [0.25, 0.3) is 5.56 Å². The molecule has 0 spiro atoms. The predicted molar refractivity (Wildman–Crippen MR) is 65.1 cm³/mol. The molecule has 0 amide bonds. The highest BCUT2D eigenvalue weighted by Gasteiger charge is 2.14. The van der Waals surface area contributed by atoms with Crippen LogP contribution in [0, 0.1) is 13.8 Å². The lowest BCUT2D eigenvalue weighted by Crippen LogP contribution is -2.23. The molecule has 0 aliphatic carbocycles. The van der Waals surface area contributed by atoms with E-state index in [2.05, 4.69) is 10.1 Å². The number of rotatable bonds is 3. The van der Waals surface area contributed by atoms with E-state index in [0.29, 0.717) is 12.3 Å². The quantitative estimate of drug-likeness (QED) is 0.791. The van der Waals surface area contributed by atoms with Crippen LogP contribution in [0.1, 0.15) is 17.0 Å². The van der Waals surface area contributed by atoms with Crippen LogP contribution in [0.5, 0.6) is 5.75 Å². The van der Waals surface area contributed by atoms with Crippen molar-refractivity contribution in [3.05, 3.63) is 38.9 Å². The normalized spacial score (nSPS) is 10.7. The van der Waals surface area contributed by atoms with E-state index in [1.165, 1.54) is 18.0 Å². The van der Waals surface area contributed by atoms with Crippen molar-refractivity contribution in [3.63, 3.8) is 0 Å². The van der Waals surface area contributed by atoms with Gasteiger partial charge < -0.3 is 9.26 Å². The minimum absolute atomic E-state index is 0.0333. The van der Waals surface area contributed by atoms with Gasteiger partial charge in [-0.05, 0) is 13.8 Å². The van der Waals surface area contributed by atoms with E-state index in [-0.39, 0.29) is 16.5 Å². The molecule has 96 valence electrons. The lowest BCUT2D eigenvalue weighted by Gasteiger charge is -2.07. The summed E-state index contributed by atoms with van der Waals surface area (Å²) in [4.78, 5) is 15.9. The molecule has 2 rings (SSSR count). The summed E-state index contributed by atoms with van der Waals surface area (Å²) in [7, 11) is 1.38. The third-order valence-corrected chi connectivity index (χ3v) is 2.94. The zero-order valence-corrected chi connectivity index (χ0v) is 11.0. The van der Waals surface area contributed by atoms with Crippen molar-refractivity contribution in [2.24, 2.45) is 0 Å². The summed E-state index contributed by atoms with van der Waals surface area (Å²) in [6.45, 7) is 3.93. The van der Waals surface area contributed by atoms with Crippen LogP contribution >= 0.6 is 11.6 Å². The van der Waals surface area contributed by atoms with Crippen molar-refractivity contribution in [2.45, 2.75) is 20.4 Å². The second-order valence-electron chi connectivity index (χ2n) is 3.80. The van der Waals surface area contributed by atoms with E-state index in [4.69, 9.17) is 20.9 Å². The van der Waals surface area contributed by atoms with Gasteiger partial charge in [0, 0.05) is 5.56 Å². The molecule has 6 nitrogen and oxygen atoms in total. The number of methoxy groups -OCH3 is 1. The molecule has 0 atom stereocenters. The number of hydrogen-bond donors (Lipinski definition) is 0. The topological polar surface area (TPSA) is 70.2 Å². The van der Waals surface area contributed by atoms with E-state index in [0.717, 1.165) is 11.3 Å². The van der Waals surface area contributed by atoms with Crippen molar-refractivity contribution in [3.8, 4) is 5.75 Å². The summed E-state index contributed by atoms with van der Waals surface area (Å²) < 4.78 is 11.4. The van der Waals surface area contributed by atoms with Crippen molar-refractivity contribution in [2.75, 3.05) is 7.11 Å². The number of ether oxygens (including phenoxy) is 1. The number of hydrogen-bond acceptors (Lipinski definition) is 5. The maximum Gasteiger partial charge on any atom is 0.297 e. The maximum absolute atomic E-state index is 12.0. The molecular weight excluding hydrogens is 258 g/mol. The van der Waals surface area contributed by atoms with Gasteiger partial charge in [0.2, 0.25) is 5.75 Å². The molecule has 2 heterocycles. The molecule has 0 bridgehead atoms. The summed E-state index contributed by atoms with van der Waals surface area (Å²) in [5.41, 5.74) is 1.26. The third kappa shape index (κ3) is 2.11. The van der Waals surface area contributed by atoms with Crippen LogP contribution in [0.25, 0.3) is 0 Å². The molecule has 0 N–H and O–H groups in total. The van der Waals surface area contributed by atoms with Gasteiger partial charge in [-0.3, -0.25) is 9.36 Å². The summed E-state index contributed by atoms with van der Waals surface area (Å²) in [5.74, 6) is 0.708. The monoisotopic (exact) mass is 269 g/mol. The van der Waals surface area contributed by atoms with Gasteiger partial charge >= 0.3 is 0 Å². The van der Waals surface area contributed by atoms with Gasteiger partial charge in [0.05, 0.1) is 25.7 Å². The summed E-state index contributed by atoms with van der Waals surface area (Å²) in [6.07, 6.45) is 1.37. The minimum atomic E-state index is -0.336. The Bertz CT molecular complexity index is 613. The van der Waals surface area contributed by atoms with Crippen LogP contribution in [-0.4, -0.2) is 21.8 Å². The molecule has 18 heavy (non-hydrogen) atoms. The molecule has 0 aliphatic heterocycles. The average molecular weight is 270 g/mol. The predicted octanol–water partition coefficient (Wildman–Crippen LogP) is 1.56. The Labute approximate surface area is 108 Å². The van der Waals surface area contributed by atoms with Crippen molar-refractivity contribution >= 4 is 11.6 Å². The standard InChI is InChI=1S/C11H12ClN3O3/c1-6-8(7(2)18-14-6)4-15-5-13-10(12)9(17-3)11(15)16/h5H,4H2,1-3H3. The molecule has 0 unspecified atom stereocenters. The second kappa shape index (κ2) is 4.81. The Morgan fingerprint density at radius 2 is 2.22 bits per heavy atom.